The maximum absolute atomic E-state index is 6.33. The average molecular weight is 384 g/mol. The normalized spacial score (nSPS) is 36.5. The van der Waals surface area contributed by atoms with E-state index in [1.807, 2.05) is 0 Å². The van der Waals surface area contributed by atoms with E-state index in [2.05, 4.69) is 56.7 Å². The van der Waals surface area contributed by atoms with Gasteiger partial charge in [0.05, 0.1) is 6.61 Å². The van der Waals surface area contributed by atoms with Crippen LogP contribution in [0.25, 0.3) is 0 Å². The van der Waals surface area contributed by atoms with Crippen LogP contribution >= 0.6 is 22.6 Å². The number of ether oxygens (including phenoxy) is 1. The molecular formula is C16H21IN2O. The molecule has 1 spiro atoms. The van der Waals surface area contributed by atoms with Gasteiger partial charge in [-0.15, -0.1) is 0 Å². The van der Waals surface area contributed by atoms with Crippen molar-refractivity contribution in [3.05, 3.63) is 27.8 Å². The zero-order chi connectivity index (χ0) is 13.6. The Morgan fingerprint density at radius 3 is 2.45 bits per heavy atom. The number of rotatable bonds is 1. The van der Waals surface area contributed by atoms with Crippen LogP contribution in [-0.4, -0.2) is 49.8 Å². The van der Waals surface area contributed by atoms with Crippen LogP contribution in [0.5, 0.6) is 0 Å². The van der Waals surface area contributed by atoms with Crippen molar-refractivity contribution in [3.8, 4) is 0 Å². The van der Waals surface area contributed by atoms with E-state index in [-0.39, 0.29) is 5.60 Å². The lowest BCUT2D eigenvalue weighted by molar-refractivity contribution is -0.157. The summed E-state index contributed by atoms with van der Waals surface area (Å²) in [5.41, 5.74) is 1.45. The van der Waals surface area contributed by atoms with Gasteiger partial charge in [-0.1, -0.05) is 0 Å². The SMILES string of the molecule is Ic1ccc(N2CCOC3(CN4CCC3CC4)C2)cc1. The molecule has 4 fully saturated rings. The Labute approximate surface area is 134 Å². The summed E-state index contributed by atoms with van der Waals surface area (Å²) in [6.07, 6.45) is 2.64. The molecular weight excluding hydrogens is 363 g/mol. The molecule has 108 valence electrons. The van der Waals surface area contributed by atoms with Crippen LogP contribution in [0, 0.1) is 9.49 Å². The minimum Gasteiger partial charge on any atom is -0.370 e. The number of halogens is 1. The van der Waals surface area contributed by atoms with Crippen molar-refractivity contribution in [3.63, 3.8) is 0 Å². The fourth-order valence-electron chi connectivity index (χ4n) is 4.15. The molecule has 1 aromatic carbocycles. The van der Waals surface area contributed by atoms with E-state index < -0.39 is 0 Å². The molecule has 0 aliphatic carbocycles. The summed E-state index contributed by atoms with van der Waals surface area (Å²) in [4.78, 5) is 5.12. The van der Waals surface area contributed by atoms with E-state index in [1.54, 1.807) is 0 Å². The predicted molar refractivity (Wildman–Crippen MR) is 89.2 cm³/mol. The standard InChI is InChI=1S/C16H21IN2O/c17-14-1-3-15(4-2-14)19-9-10-20-16(12-19)11-18-7-5-13(16)6-8-18/h1-4,13H,5-12H2. The molecule has 4 aliphatic heterocycles. The molecule has 1 unspecified atom stereocenters. The van der Waals surface area contributed by atoms with Crippen LogP contribution in [0.2, 0.25) is 0 Å². The highest BCUT2D eigenvalue weighted by Gasteiger charge is 2.50. The van der Waals surface area contributed by atoms with E-state index in [9.17, 15) is 0 Å². The minimum absolute atomic E-state index is 0.0950. The van der Waals surface area contributed by atoms with Gasteiger partial charge in [0.15, 0.2) is 0 Å². The van der Waals surface area contributed by atoms with Gasteiger partial charge in [0, 0.05) is 28.9 Å². The Hall–Kier alpha value is -0.330. The second kappa shape index (κ2) is 5.14. The van der Waals surface area contributed by atoms with E-state index in [0.717, 1.165) is 32.2 Å². The summed E-state index contributed by atoms with van der Waals surface area (Å²) >= 11 is 2.37. The van der Waals surface area contributed by atoms with Gasteiger partial charge in [0.2, 0.25) is 0 Å². The smallest absolute Gasteiger partial charge is 0.101 e. The fraction of sp³-hybridized carbons (Fsp3) is 0.625. The van der Waals surface area contributed by atoms with Gasteiger partial charge in [0.25, 0.3) is 0 Å². The first-order chi connectivity index (χ1) is 9.75. The molecule has 20 heavy (non-hydrogen) atoms. The predicted octanol–water partition coefficient (Wildman–Crippen LogP) is 2.59. The molecule has 0 aromatic heterocycles. The van der Waals surface area contributed by atoms with Crippen LogP contribution in [0.15, 0.2) is 24.3 Å². The molecule has 4 saturated heterocycles. The maximum atomic E-state index is 6.33. The Kier molecular flexibility index (Phi) is 3.43. The Morgan fingerprint density at radius 1 is 1.05 bits per heavy atom. The van der Waals surface area contributed by atoms with E-state index in [0.29, 0.717) is 0 Å². The quantitative estimate of drug-likeness (QED) is 0.693. The van der Waals surface area contributed by atoms with Gasteiger partial charge in [-0.05, 0) is 78.7 Å². The van der Waals surface area contributed by atoms with Gasteiger partial charge < -0.3 is 14.5 Å². The zero-order valence-electron chi connectivity index (χ0n) is 11.7. The Balaban J connectivity index is 1.57. The highest BCUT2D eigenvalue weighted by Crippen LogP contribution is 2.41. The van der Waals surface area contributed by atoms with Crippen molar-refractivity contribution >= 4 is 28.3 Å². The van der Waals surface area contributed by atoms with Gasteiger partial charge >= 0.3 is 0 Å². The van der Waals surface area contributed by atoms with E-state index in [1.165, 1.54) is 35.2 Å². The van der Waals surface area contributed by atoms with Crippen molar-refractivity contribution in [1.82, 2.24) is 4.90 Å². The summed E-state index contributed by atoms with van der Waals surface area (Å²) in [6.45, 7) is 6.65. The van der Waals surface area contributed by atoms with Crippen molar-refractivity contribution in [2.45, 2.75) is 18.4 Å². The first kappa shape index (κ1) is 13.3. The lowest BCUT2D eigenvalue weighted by Gasteiger charge is -2.56. The average Bonchev–Trinajstić information content (AvgIpc) is 2.49. The van der Waals surface area contributed by atoms with Crippen LogP contribution in [0.1, 0.15) is 12.8 Å². The Bertz CT molecular complexity index is 484. The van der Waals surface area contributed by atoms with E-state index >= 15 is 0 Å². The molecule has 0 amide bonds. The van der Waals surface area contributed by atoms with Gasteiger partial charge in [-0.2, -0.15) is 0 Å². The summed E-state index contributed by atoms with van der Waals surface area (Å²) < 4.78 is 7.63. The molecule has 5 rings (SSSR count). The molecule has 0 saturated carbocycles. The molecule has 4 heterocycles. The Morgan fingerprint density at radius 2 is 1.80 bits per heavy atom. The summed E-state index contributed by atoms with van der Waals surface area (Å²) in [6, 6.07) is 8.91. The van der Waals surface area contributed by atoms with Crippen molar-refractivity contribution < 1.29 is 4.74 Å². The van der Waals surface area contributed by atoms with Crippen molar-refractivity contribution in [2.75, 3.05) is 44.2 Å². The molecule has 1 aromatic rings. The number of fused-ring (bicyclic) bond motifs is 2. The minimum atomic E-state index is 0.0950. The lowest BCUT2D eigenvalue weighted by atomic mass is 9.74. The molecule has 0 radical (unpaired) electrons. The van der Waals surface area contributed by atoms with Gasteiger partial charge in [-0.3, -0.25) is 0 Å². The van der Waals surface area contributed by atoms with Crippen LogP contribution in [0.4, 0.5) is 5.69 Å². The number of hydrogen-bond donors (Lipinski definition) is 0. The molecule has 1 atom stereocenters. The highest BCUT2D eigenvalue weighted by molar-refractivity contribution is 14.1. The number of benzene rings is 1. The topological polar surface area (TPSA) is 15.7 Å². The third-order valence-electron chi connectivity index (χ3n) is 5.22. The molecule has 2 bridgehead atoms. The second-order valence-corrected chi connectivity index (χ2v) is 7.61. The fourth-order valence-corrected chi connectivity index (χ4v) is 4.51. The third-order valence-corrected chi connectivity index (χ3v) is 5.94. The molecule has 3 nitrogen and oxygen atoms in total. The number of hydrogen-bond acceptors (Lipinski definition) is 3. The van der Waals surface area contributed by atoms with Crippen molar-refractivity contribution in [2.24, 2.45) is 5.92 Å². The largest absolute Gasteiger partial charge is 0.370 e. The molecule has 0 N–H and O–H groups in total. The number of nitrogens with zero attached hydrogens (tertiary/aromatic N) is 2. The number of anilines is 1. The summed E-state index contributed by atoms with van der Waals surface area (Å²) in [5.74, 6) is 0.763. The number of piperidine rings is 3. The lowest BCUT2D eigenvalue weighted by Crippen LogP contribution is -2.67. The first-order valence-electron chi connectivity index (χ1n) is 7.62. The zero-order valence-corrected chi connectivity index (χ0v) is 13.9. The van der Waals surface area contributed by atoms with Crippen molar-refractivity contribution in [1.29, 1.82) is 0 Å². The second-order valence-electron chi connectivity index (χ2n) is 6.36. The molecule has 4 heteroatoms. The van der Waals surface area contributed by atoms with Crippen LogP contribution < -0.4 is 4.90 Å². The van der Waals surface area contributed by atoms with Crippen LogP contribution in [-0.2, 0) is 4.74 Å². The van der Waals surface area contributed by atoms with E-state index in [4.69, 9.17) is 4.74 Å². The highest BCUT2D eigenvalue weighted by atomic mass is 127. The third kappa shape index (κ3) is 2.25. The maximum Gasteiger partial charge on any atom is 0.101 e. The van der Waals surface area contributed by atoms with Gasteiger partial charge in [-0.25, -0.2) is 0 Å². The molecule has 4 aliphatic rings. The number of morpholine rings is 1. The summed E-state index contributed by atoms with van der Waals surface area (Å²) in [5, 5.41) is 0. The summed E-state index contributed by atoms with van der Waals surface area (Å²) in [7, 11) is 0. The monoisotopic (exact) mass is 384 g/mol. The van der Waals surface area contributed by atoms with Crippen LogP contribution in [0.3, 0.4) is 0 Å². The van der Waals surface area contributed by atoms with Gasteiger partial charge in [0.1, 0.15) is 5.60 Å². The first-order valence-corrected chi connectivity index (χ1v) is 8.70.